The summed E-state index contributed by atoms with van der Waals surface area (Å²) in [7, 11) is 0. The molecule has 0 aliphatic carbocycles. The van der Waals surface area contributed by atoms with Crippen LogP contribution in [-0.2, 0) is 19.6 Å². The smallest absolute Gasteiger partial charge is 0.272 e. The van der Waals surface area contributed by atoms with E-state index in [1.807, 2.05) is 43.0 Å². The Hall–Kier alpha value is -3.41. The van der Waals surface area contributed by atoms with Crippen molar-refractivity contribution in [2.45, 2.75) is 39.9 Å². The molecule has 0 atom stereocenters. The number of carbonyl (C=O) groups is 2. The molecule has 0 spiro atoms. The van der Waals surface area contributed by atoms with Gasteiger partial charge in [0.1, 0.15) is 5.69 Å². The van der Waals surface area contributed by atoms with Crippen LogP contribution in [0.2, 0.25) is 0 Å². The topological polar surface area (TPSA) is 67.2 Å². The summed E-state index contributed by atoms with van der Waals surface area (Å²) in [5, 5.41) is 7.30. The third-order valence-electron chi connectivity index (χ3n) is 5.35. The average molecular weight is 402 g/mol. The van der Waals surface area contributed by atoms with Crippen molar-refractivity contribution in [3.8, 4) is 0 Å². The summed E-state index contributed by atoms with van der Waals surface area (Å²) in [5.41, 5.74) is 5.22. The Morgan fingerprint density at radius 1 is 1.00 bits per heavy atom. The van der Waals surface area contributed by atoms with Gasteiger partial charge in [-0.3, -0.25) is 14.3 Å². The lowest BCUT2D eigenvalue weighted by atomic mass is 10.1. The van der Waals surface area contributed by atoms with Gasteiger partial charge in [0.2, 0.25) is 0 Å². The van der Waals surface area contributed by atoms with E-state index < -0.39 is 0 Å². The number of amides is 2. The Labute approximate surface area is 176 Å². The minimum Gasteiger partial charge on any atom is -0.347 e. The lowest BCUT2D eigenvalue weighted by Crippen LogP contribution is -2.30. The molecule has 3 aromatic rings. The number of carbonyl (C=O) groups excluding carboxylic acids is 2. The maximum Gasteiger partial charge on any atom is 0.272 e. The lowest BCUT2D eigenvalue weighted by molar-refractivity contribution is 0.0745. The molecule has 6 heteroatoms. The summed E-state index contributed by atoms with van der Waals surface area (Å²) in [4.78, 5) is 27.5. The molecule has 30 heavy (non-hydrogen) atoms. The van der Waals surface area contributed by atoms with E-state index in [1.165, 1.54) is 5.56 Å². The van der Waals surface area contributed by atoms with Crippen molar-refractivity contribution in [1.82, 2.24) is 20.0 Å². The van der Waals surface area contributed by atoms with Gasteiger partial charge in [-0.25, -0.2) is 0 Å². The minimum atomic E-state index is -0.269. The lowest BCUT2D eigenvalue weighted by Gasteiger charge is -2.20. The van der Waals surface area contributed by atoms with Gasteiger partial charge in [0.15, 0.2) is 5.69 Å². The normalized spacial score (nSPS) is 13.7. The van der Waals surface area contributed by atoms with Crippen LogP contribution in [0.15, 0.2) is 54.6 Å². The first-order valence-electron chi connectivity index (χ1n) is 10.3. The number of rotatable bonds is 5. The van der Waals surface area contributed by atoms with Crippen molar-refractivity contribution >= 4 is 11.8 Å². The van der Waals surface area contributed by atoms with Gasteiger partial charge < -0.3 is 10.2 Å². The van der Waals surface area contributed by atoms with E-state index in [4.69, 9.17) is 0 Å². The molecule has 2 heterocycles. The molecular weight excluding hydrogens is 376 g/mol. The van der Waals surface area contributed by atoms with Crippen molar-refractivity contribution in [3.05, 3.63) is 88.2 Å². The van der Waals surface area contributed by atoms with Gasteiger partial charge in [0.05, 0.1) is 0 Å². The Morgan fingerprint density at radius 3 is 2.57 bits per heavy atom. The molecule has 6 nitrogen and oxygen atoms in total. The molecule has 4 rings (SSSR count). The molecule has 0 fully saturated rings. The Bertz CT molecular complexity index is 1070. The molecule has 0 saturated carbocycles. The molecule has 1 N–H and O–H groups in total. The second-order valence-electron chi connectivity index (χ2n) is 7.88. The Kier molecular flexibility index (Phi) is 5.65. The number of fused-ring (bicyclic) bond motifs is 1. The van der Waals surface area contributed by atoms with Crippen molar-refractivity contribution in [1.29, 1.82) is 0 Å². The fourth-order valence-corrected chi connectivity index (χ4v) is 3.70. The van der Waals surface area contributed by atoms with E-state index in [2.05, 4.69) is 34.7 Å². The Balaban J connectivity index is 1.46. The largest absolute Gasteiger partial charge is 0.347 e. The molecule has 2 aromatic carbocycles. The quantitative estimate of drug-likeness (QED) is 0.711. The van der Waals surface area contributed by atoms with E-state index >= 15 is 0 Å². The van der Waals surface area contributed by atoms with Gasteiger partial charge in [0, 0.05) is 32.2 Å². The average Bonchev–Trinajstić information content (AvgIpc) is 3.11. The highest BCUT2D eigenvalue weighted by molar-refractivity contribution is 5.98. The number of hydrogen-bond acceptors (Lipinski definition) is 3. The van der Waals surface area contributed by atoms with Crippen LogP contribution in [0, 0.1) is 13.8 Å². The molecule has 1 aliphatic rings. The van der Waals surface area contributed by atoms with Crippen molar-refractivity contribution in [2.75, 3.05) is 6.54 Å². The summed E-state index contributed by atoms with van der Waals surface area (Å²) >= 11 is 0. The number of hydrogen-bond donors (Lipinski definition) is 1. The van der Waals surface area contributed by atoms with Gasteiger partial charge in [-0.1, -0.05) is 59.7 Å². The van der Waals surface area contributed by atoms with E-state index in [1.54, 1.807) is 10.7 Å². The number of nitrogens with one attached hydrogen (secondary N) is 1. The molecule has 2 amide bonds. The van der Waals surface area contributed by atoms with Gasteiger partial charge >= 0.3 is 0 Å². The highest BCUT2D eigenvalue weighted by atomic mass is 16.2. The summed E-state index contributed by atoms with van der Waals surface area (Å²) in [5.74, 6) is -0.353. The molecule has 1 aromatic heterocycles. The fourth-order valence-electron chi connectivity index (χ4n) is 3.70. The van der Waals surface area contributed by atoms with E-state index in [9.17, 15) is 9.59 Å². The SMILES string of the molecule is Cc1ccc(CN2CCCn3nc(C(=O)NCc4cccc(C)c4)cc3C2=O)cc1. The standard InChI is InChI=1S/C24H26N4O2/c1-17-7-9-19(10-8-17)16-27-11-4-12-28-22(24(27)30)14-21(26-28)23(29)25-15-20-6-3-5-18(2)13-20/h3,5-10,13-14H,4,11-12,15-16H2,1-2H3,(H,25,29). The third-order valence-corrected chi connectivity index (χ3v) is 5.35. The van der Waals surface area contributed by atoms with Gasteiger partial charge in [-0.15, -0.1) is 0 Å². The maximum atomic E-state index is 13.1. The van der Waals surface area contributed by atoms with E-state index in [-0.39, 0.29) is 17.5 Å². The number of benzene rings is 2. The summed E-state index contributed by atoms with van der Waals surface area (Å²) in [6.07, 6.45) is 0.802. The van der Waals surface area contributed by atoms with Crippen LogP contribution >= 0.6 is 0 Å². The predicted octanol–water partition coefficient (Wildman–Crippen LogP) is 3.48. The number of aryl methyl sites for hydroxylation is 3. The van der Waals surface area contributed by atoms with Crippen molar-refractivity contribution < 1.29 is 9.59 Å². The highest BCUT2D eigenvalue weighted by Gasteiger charge is 2.26. The van der Waals surface area contributed by atoms with Crippen LogP contribution in [0.1, 0.15) is 49.7 Å². The zero-order valence-corrected chi connectivity index (χ0v) is 17.4. The second kappa shape index (κ2) is 8.53. The maximum absolute atomic E-state index is 13.1. The number of aromatic nitrogens is 2. The predicted molar refractivity (Wildman–Crippen MR) is 115 cm³/mol. The third kappa shape index (κ3) is 4.43. The van der Waals surface area contributed by atoms with Crippen LogP contribution in [-0.4, -0.2) is 33.0 Å². The number of nitrogens with zero attached hydrogens (tertiary/aromatic N) is 3. The molecule has 0 saturated heterocycles. The van der Waals surface area contributed by atoms with Crippen LogP contribution in [0.4, 0.5) is 0 Å². The molecule has 0 radical (unpaired) electrons. The summed E-state index contributed by atoms with van der Waals surface area (Å²) in [6, 6.07) is 17.8. The first kappa shape index (κ1) is 19.9. The molecular formula is C24H26N4O2. The minimum absolute atomic E-state index is 0.0849. The van der Waals surface area contributed by atoms with Gasteiger partial charge in [0.25, 0.3) is 11.8 Å². The van der Waals surface area contributed by atoms with Gasteiger partial charge in [-0.2, -0.15) is 5.10 Å². The molecule has 0 unspecified atom stereocenters. The first-order valence-corrected chi connectivity index (χ1v) is 10.3. The Morgan fingerprint density at radius 2 is 1.80 bits per heavy atom. The van der Waals surface area contributed by atoms with Gasteiger partial charge in [-0.05, 0) is 31.4 Å². The molecule has 154 valence electrons. The van der Waals surface area contributed by atoms with E-state index in [0.717, 1.165) is 23.1 Å². The van der Waals surface area contributed by atoms with Crippen molar-refractivity contribution in [2.24, 2.45) is 0 Å². The second-order valence-corrected chi connectivity index (χ2v) is 7.88. The molecule has 1 aliphatic heterocycles. The van der Waals surface area contributed by atoms with Crippen LogP contribution in [0.25, 0.3) is 0 Å². The van der Waals surface area contributed by atoms with Crippen LogP contribution in [0.3, 0.4) is 0 Å². The molecule has 0 bridgehead atoms. The highest BCUT2D eigenvalue weighted by Crippen LogP contribution is 2.17. The zero-order chi connectivity index (χ0) is 21.1. The van der Waals surface area contributed by atoms with Crippen LogP contribution in [0.5, 0.6) is 0 Å². The monoisotopic (exact) mass is 402 g/mol. The first-order chi connectivity index (χ1) is 14.5. The van der Waals surface area contributed by atoms with Crippen molar-refractivity contribution in [3.63, 3.8) is 0 Å². The summed E-state index contributed by atoms with van der Waals surface area (Å²) < 4.78 is 1.67. The summed E-state index contributed by atoms with van der Waals surface area (Å²) in [6.45, 7) is 6.34. The van der Waals surface area contributed by atoms with Crippen LogP contribution < -0.4 is 5.32 Å². The van der Waals surface area contributed by atoms with E-state index in [0.29, 0.717) is 31.9 Å². The fraction of sp³-hybridized carbons (Fsp3) is 0.292. The zero-order valence-electron chi connectivity index (χ0n) is 17.4.